The Hall–Kier alpha value is -2.64. The van der Waals surface area contributed by atoms with Gasteiger partial charge in [-0.3, -0.25) is 9.13 Å². The van der Waals surface area contributed by atoms with Crippen molar-refractivity contribution in [1.82, 2.24) is 19.8 Å². The summed E-state index contributed by atoms with van der Waals surface area (Å²) in [5.74, 6) is 0.862. The Morgan fingerprint density at radius 1 is 1.03 bits per heavy atom. The van der Waals surface area contributed by atoms with Crippen LogP contribution in [0.2, 0.25) is 0 Å². The lowest BCUT2D eigenvalue weighted by molar-refractivity contribution is 0.160. The van der Waals surface area contributed by atoms with Crippen molar-refractivity contribution in [2.75, 3.05) is 6.61 Å². The number of rotatable bonds is 8. The summed E-state index contributed by atoms with van der Waals surface area (Å²) in [5, 5.41) is 6.91. The Labute approximate surface area is 188 Å². The Morgan fingerprint density at radius 2 is 1.81 bits per heavy atom. The van der Waals surface area contributed by atoms with Crippen LogP contribution in [0.3, 0.4) is 0 Å². The first-order chi connectivity index (χ1) is 15.5. The van der Waals surface area contributed by atoms with Crippen LogP contribution >= 0.6 is 0 Å². The normalized spacial score (nSPS) is 21.2. The first-order valence-electron chi connectivity index (χ1n) is 11.4. The zero-order chi connectivity index (χ0) is 22.7. The number of nitrogens with one attached hydrogen (secondary N) is 2. The highest BCUT2D eigenvalue weighted by Crippen LogP contribution is 2.24. The molecule has 1 heterocycles. The quantitative estimate of drug-likeness (QED) is 0.564. The van der Waals surface area contributed by atoms with E-state index in [0.717, 1.165) is 40.8 Å². The number of para-hydroxylation sites is 1. The van der Waals surface area contributed by atoms with E-state index in [1.165, 1.54) is 0 Å². The van der Waals surface area contributed by atoms with E-state index in [-0.39, 0.29) is 17.8 Å². The van der Waals surface area contributed by atoms with E-state index in [9.17, 15) is 9.18 Å². The zero-order valence-electron chi connectivity index (χ0n) is 19.1. The van der Waals surface area contributed by atoms with Gasteiger partial charge in [0.2, 0.25) is 0 Å². The van der Waals surface area contributed by atoms with Crippen LogP contribution < -0.4 is 21.1 Å². The maximum atomic E-state index is 14.9. The van der Waals surface area contributed by atoms with E-state index in [4.69, 9.17) is 4.74 Å². The maximum absolute atomic E-state index is 14.9. The van der Waals surface area contributed by atoms with Gasteiger partial charge in [0.25, 0.3) is 0 Å². The largest absolute Gasteiger partial charge is 0.494 e. The van der Waals surface area contributed by atoms with Gasteiger partial charge in [0.05, 0.1) is 17.6 Å². The van der Waals surface area contributed by atoms with Crippen LogP contribution in [0.25, 0.3) is 11.0 Å². The van der Waals surface area contributed by atoms with Gasteiger partial charge in [-0.25, -0.2) is 9.18 Å². The third-order valence-corrected chi connectivity index (χ3v) is 6.53. The molecule has 6 nitrogen and oxygen atoms in total. The fraction of sp³-hybridized carbons (Fsp3) is 0.480. The number of alkyl halides is 1. The number of nitrogens with zero attached hydrogens (tertiary/aromatic N) is 2. The molecule has 0 spiro atoms. The van der Waals surface area contributed by atoms with Gasteiger partial charge < -0.3 is 15.4 Å². The van der Waals surface area contributed by atoms with E-state index in [2.05, 4.69) is 10.6 Å². The second-order valence-corrected chi connectivity index (χ2v) is 8.66. The van der Waals surface area contributed by atoms with Crippen molar-refractivity contribution >= 4 is 11.0 Å². The Kier molecular flexibility index (Phi) is 6.96. The van der Waals surface area contributed by atoms with Gasteiger partial charge in [0.15, 0.2) is 0 Å². The van der Waals surface area contributed by atoms with Crippen molar-refractivity contribution in [2.24, 2.45) is 14.1 Å². The number of aryl methyl sites for hydroxylation is 2. The highest BCUT2D eigenvalue weighted by molar-refractivity contribution is 5.76. The molecule has 32 heavy (non-hydrogen) atoms. The van der Waals surface area contributed by atoms with Crippen molar-refractivity contribution in [1.29, 1.82) is 0 Å². The van der Waals surface area contributed by atoms with Crippen LogP contribution in [0.5, 0.6) is 5.75 Å². The van der Waals surface area contributed by atoms with Gasteiger partial charge in [-0.1, -0.05) is 24.3 Å². The average Bonchev–Trinajstić information content (AvgIpc) is 3.02. The molecular weight excluding hydrogens is 407 g/mol. The van der Waals surface area contributed by atoms with Gasteiger partial charge in [0.1, 0.15) is 11.9 Å². The summed E-state index contributed by atoms with van der Waals surface area (Å²) in [7, 11) is 3.57. The second kappa shape index (κ2) is 9.88. The molecule has 3 aromatic rings. The molecule has 7 heteroatoms. The number of imidazole rings is 1. The van der Waals surface area contributed by atoms with Gasteiger partial charge in [-0.2, -0.15) is 0 Å². The molecule has 0 unspecified atom stereocenters. The molecule has 1 aliphatic rings. The molecule has 3 atom stereocenters. The van der Waals surface area contributed by atoms with E-state index >= 15 is 0 Å². The summed E-state index contributed by atoms with van der Waals surface area (Å²) in [6.07, 6.45) is 1.33. The molecule has 172 valence electrons. The summed E-state index contributed by atoms with van der Waals surface area (Å²) in [4.78, 5) is 12.1. The molecule has 4 rings (SSSR count). The third kappa shape index (κ3) is 4.74. The minimum Gasteiger partial charge on any atom is -0.494 e. The molecule has 1 aliphatic carbocycles. The van der Waals surface area contributed by atoms with Crippen LogP contribution in [0, 0.1) is 0 Å². The Morgan fingerprint density at radius 3 is 2.59 bits per heavy atom. The summed E-state index contributed by atoms with van der Waals surface area (Å²) in [6, 6.07) is 14.0. The number of ether oxygens (including phenoxy) is 1. The molecule has 0 saturated heterocycles. The second-order valence-electron chi connectivity index (χ2n) is 8.66. The predicted molar refractivity (Wildman–Crippen MR) is 126 cm³/mol. The number of benzene rings is 2. The number of halogens is 1. The fourth-order valence-electron chi connectivity index (χ4n) is 4.64. The Bertz CT molecular complexity index is 1120. The summed E-state index contributed by atoms with van der Waals surface area (Å²) < 4.78 is 23.9. The summed E-state index contributed by atoms with van der Waals surface area (Å²) in [6.45, 7) is 3.85. The van der Waals surface area contributed by atoms with Crippen LogP contribution in [-0.4, -0.2) is 34.0 Å². The van der Waals surface area contributed by atoms with Gasteiger partial charge in [0, 0.05) is 44.8 Å². The molecule has 1 saturated carbocycles. The number of aromatic nitrogens is 2. The summed E-state index contributed by atoms with van der Waals surface area (Å²) in [5.41, 5.74) is 3.97. The zero-order valence-corrected chi connectivity index (χ0v) is 19.1. The number of fused-ring (bicyclic) bond motifs is 1. The highest BCUT2D eigenvalue weighted by Gasteiger charge is 2.30. The molecule has 2 N–H and O–H groups in total. The SMILES string of the molecule is CCOc1ccccc1CN[C@H]1CC[C@H](NCc2ccc3c(c2)n(C)c(=O)n3C)C[C@H]1F. The first kappa shape index (κ1) is 22.6. The Balaban J connectivity index is 1.30. The highest BCUT2D eigenvalue weighted by atomic mass is 19.1. The maximum Gasteiger partial charge on any atom is 0.328 e. The van der Waals surface area contributed by atoms with E-state index in [1.54, 1.807) is 23.2 Å². The lowest BCUT2D eigenvalue weighted by Gasteiger charge is -2.33. The third-order valence-electron chi connectivity index (χ3n) is 6.53. The minimum atomic E-state index is -0.891. The summed E-state index contributed by atoms with van der Waals surface area (Å²) >= 11 is 0. The smallest absolute Gasteiger partial charge is 0.328 e. The standard InChI is InChI=1S/C25H33FN4O2/c1-4-32-24-8-6-5-7-18(24)16-28-21-11-10-19(14-20(21)26)27-15-17-9-12-22-23(13-17)30(3)25(31)29(22)2/h5-9,12-13,19-21,27-28H,4,10-11,14-16H2,1-3H3/t19-,20+,21-/m0/s1. The molecule has 0 radical (unpaired) electrons. The molecule has 2 aromatic carbocycles. The first-order valence-corrected chi connectivity index (χ1v) is 11.4. The van der Waals surface area contributed by atoms with E-state index < -0.39 is 6.17 Å². The molecule has 1 aromatic heterocycles. The monoisotopic (exact) mass is 440 g/mol. The fourth-order valence-corrected chi connectivity index (χ4v) is 4.64. The van der Waals surface area contributed by atoms with E-state index in [0.29, 0.717) is 26.1 Å². The average molecular weight is 441 g/mol. The predicted octanol–water partition coefficient (Wildman–Crippen LogP) is 3.41. The van der Waals surface area contributed by atoms with Gasteiger partial charge in [-0.05, 0) is 49.9 Å². The van der Waals surface area contributed by atoms with Crippen LogP contribution in [0.1, 0.15) is 37.3 Å². The van der Waals surface area contributed by atoms with Crippen molar-refractivity contribution in [3.05, 3.63) is 64.1 Å². The van der Waals surface area contributed by atoms with Crippen molar-refractivity contribution in [3.8, 4) is 5.75 Å². The molecule has 1 fully saturated rings. The minimum absolute atomic E-state index is 0.0277. The van der Waals surface area contributed by atoms with Crippen molar-refractivity contribution < 1.29 is 9.13 Å². The van der Waals surface area contributed by atoms with Gasteiger partial charge in [-0.15, -0.1) is 0 Å². The van der Waals surface area contributed by atoms with Crippen molar-refractivity contribution in [3.63, 3.8) is 0 Å². The molecular formula is C25H33FN4O2. The molecule has 0 bridgehead atoms. The van der Waals surface area contributed by atoms with Crippen LogP contribution in [0.4, 0.5) is 4.39 Å². The topological polar surface area (TPSA) is 60.2 Å². The lowest BCUT2D eigenvalue weighted by atomic mass is 9.89. The molecule has 0 aliphatic heterocycles. The van der Waals surface area contributed by atoms with Gasteiger partial charge >= 0.3 is 5.69 Å². The van der Waals surface area contributed by atoms with E-state index in [1.807, 2.05) is 49.4 Å². The number of hydrogen-bond acceptors (Lipinski definition) is 4. The number of hydrogen-bond donors (Lipinski definition) is 2. The van der Waals surface area contributed by atoms with Crippen LogP contribution in [-0.2, 0) is 27.2 Å². The van der Waals surface area contributed by atoms with Crippen LogP contribution in [0.15, 0.2) is 47.3 Å². The van der Waals surface area contributed by atoms with Crippen molar-refractivity contribution in [2.45, 2.75) is 57.5 Å². The lowest BCUT2D eigenvalue weighted by Crippen LogP contribution is -2.46. The molecule has 0 amide bonds.